The summed E-state index contributed by atoms with van der Waals surface area (Å²) in [6, 6.07) is 9.78. The van der Waals surface area contributed by atoms with Gasteiger partial charge in [0.15, 0.2) is 5.65 Å². The van der Waals surface area contributed by atoms with E-state index in [1.807, 2.05) is 60.6 Å². The number of fused-ring (bicyclic) bond motifs is 1. The van der Waals surface area contributed by atoms with Crippen LogP contribution in [-0.4, -0.2) is 44.1 Å². The van der Waals surface area contributed by atoms with E-state index >= 15 is 0 Å². The zero-order chi connectivity index (χ0) is 20.7. The molecule has 5 rings (SSSR count). The van der Waals surface area contributed by atoms with E-state index in [1.54, 1.807) is 17.1 Å². The highest BCUT2D eigenvalue weighted by molar-refractivity contribution is 5.65. The Balaban J connectivity index is 1.44. The average molecular weight is 400 g/mol. The summed E-state index contributed by atoms with van der Waals surface area (Å²) in [5, 5.41) is 20.4. The van der Waals surface area contributed by atoms with Crippen LogP contribution in [0.25, 0.3) is 16.9 Å². The second-order valence-corrected chi connectivity index (χ2v) is 7.07. The predicted octanol–water partition coefficient (Wildman–Crippen LogP) is 2.30. The number of nitrogens with zero attached hydrogens (tertiary/aromatic N) is 9. The predicted molar refractivity (Wildman–Crippen MR) is 111 cm³/mol. The van der Waals surface area contributed by atoms with Crippen LogP contribution >= 0.6 is 0 Å². The topological polar surface area (TPSA) is 104 Å². The van der Waals surface area contributed by atoms with Crippen molar-refractivity contribution in [3.05, 3.63) is 66.1 Å². The minimum absolute atomic E-state index is 0.504. The Morgan fingerprint density at radius 3 is 2.67 bits per heavy atom. The zero-order valence-corrected chi connectivity index (χ0v) is 16.9. The third kappa shape index (κ3) is 3.28. The normalized spacial score (nSPS) is 11.3. The van der Waals surface area contributed by atoms with Crippen molar-refractivity contribution in [2.24, 2.45) is 14.1 Å². The molecule has 0 fully saturated rings. The molecule has 0 bridgehead atoms. The highest BCUT2D eigenvalue weighted by Gasteiger charge is 2.12. The molecule has 0 amide bonds. The van der Waals surface area contributed by atoms with Gasteiger partial charge >= 0.3 is 0 Å². The van der Waals surface area contributed by atoms with Crippen molar-refractivity contribution >= 4 is 17.4 Å². The van der Waals surface area contributed by atoms with Gasteiger partial charge in [0.05, 0.1) is 24.0 Å². The average Bonchev–Trinajstić information content (AvgIpc) is 3.42. The first-order valence-electron chi connectivity index (χ1n) is 9.48. The summed E-state index contributed by atoms with van der Waals surface area (Å²) in [5.74, 6) is 2.18. The van der Waals surface area contributed by atoms with Gasteiger partial charge in [-0.05, 0) is 31.2 Å². The molecule has 150 valence electrons. The van der Waals surface area contributed by atoms with Crippen LogP contribution < -0.4 is 5.32 Å². The number of aryl methyl sites for hydroxylation is 3. The molecule has 5 heterocycles. The summed E-state index contributed by atoms with van der Waals surface area (Å²) in [6.45, 7) is 1.98. The molecule has 0 unspecified atom stereocenters. The lowest BCUT2D eigenvalue weighted by Crippen LogP contribution is -2.03. The van der Waals surface area contributed by atoms with Crippen LogP contribution in [0.4, 0.5) is 11.8 Å². The minimum Gasteiger partial charge on any atom is -0.309 e. The van der Waals surface area contributed by atoms with Gasteiger partial charge in [-0.1, -0.05) is 0 Å². The lowest BCUT2D eigenvalue weighted by molar-refractivity contribution is 0.707. The monoisotopic (exact) mass is 400 g/mol. The Hall–Kier alpha value is -4.08. The lowest BCUT2D eigenvalue weighted by atomic mass is 10.2. The molecule has 0 radical (unpaired) electrons. The van der Waals surface area contributed by atoms with Gasteiger partial charge in [-0.15, -0.1) is 10.2 Å². The third-order valence-corrected chi connectivity index (χ3v) is 4.93. The fourth-order valence-electron chi connectivity index (χ4n) is 3.40. The summed E-state index contributed by atoms with van der Waals surface area (Å²) >= 11 is 0. The molecule has 10 nitrogen and oxygen atoms in total. The largest absolute Gasteiger partial charge is 0.309 e. The molecule has 0 spiro atoms. The van der Waals surface area contributed by atoms with Crippen LogP contribution in [0, 0.1) is 6.92 Å². The Kier molecular flexibility index (Phi) is 4.24. The molecule has 5 aromatic heterocycles. The van der Waals surface area contributed by atoms with E-state index in [0.29, 0.717) is 12.4 Å². The standard InChI is InChI=1S/C20H20N10/c1-13-10-15(28(2)27-13)12-19-26-25-18-11-14(6-9-30(18)19)16-4-7-21-20(23-16)24-17-5-8-22-29(17)3/h4-11H,12H2,1-3H3,(H,21,23,24). The van der Waals surface area contributed by atoms with Gasteiger partial charge in [0.1, 0.15) is 11.6 Å². The van der Waals surface area contributed by atoms with Gasteiger partial charge in [0.2, 0.25) is 5.95 Å². The van der Waals surface area contributed by atoms with Crippen molar-refractivity contribution in [1.82, 2.24) is 44.1 Å². The first-order valence-corrected chi connectivity index (χ1v) is 9.48. The Bertz CT molecular complexity index is 1340. The van der Waals surface area contributed by atoms with E-state index in [2.05, 4.69) is 41.7 Å². The maximum atomic E-state index is 4.62. The number of aromatic nitrogens is 9. The van der Waals surface area contributed by atoms with Gasteiger partial charge < -0.3 is 5.32 Å². The number of hydrogen-bond acceptors (Lipinski definition) is 7. The Morgan fingerprint density at radius 2 is 1.90 bits per heavy atom. The first-order chi connectivity index (χ1) is 14.6. The molecule has 0 saturated heterocycles. The smallest absolute Gasteiger partial charge is 0.228 e. The number of hydrogen-bond donors (Lipinski definition) is 1. The van der Waals surface area contributed by atoms with Crippen LogP contribution in [0.3, 0.4) is 0 Å². The van der Waals surface area contributed by atoms with Crippen molar-refractivity contribution in [1.29, 1.82) is 0 Å². The van der Waals surface area contributed by atoms with E-state index < -0.39 is 0 Å². The van der Waals surface area contributed by atoms with Gasteiger partial charge in [0.25, 0.3) is 0 Å². The van der Waals surface area contributed by atoms with Crippen molar-refractivity contribution in [3.63, 3.8) is 0 Å². The number of nitrogens with one attached hydrogen (secondary N) is 1. The van der Waals surface area contributed by atoms with E-state index in [4.69, 9.17) is 0 Å². The number of anilines is 2. The molecular weight excluding hydrogens is 380 g/mol. The van der Waals surface area contributed by atoms with Gasteiger partial charge in [-0.2, -0.15) is 10.2 Å². The summed E-state index contributed by atoms with van der Waals surface area (Å²) in [7, 11) is 3.80. The molecule has 0 aliphatic rings. The summed E-state index contributed by atoms with van der Waals surface area (Å²) in [5.41, 5.74) is 4.58. The van der Waals surface area contributed by atoms with E-state index in [9.17, 15) is 0 Å². The van der Waals surface area contributed by atoms with E-state index in [1.165, 1.54) is 0 Å². The highest BCUT2D eigenvalue weighted by atomic mass is 15.3. The summed E-state index contributed by atoms with van der Waals surface area (Å²) in [6.07, 6.45) is 6.07. The van der Waals surface area contributed by atoms with Crippen LogP contribution in [0.5, 0.6) is 0 Å². The molecule has 5 aromatic rings. The molecular formula is C20H20N10. The third-order valence-electron chi connectivity index (χ3n) is 4.93. The fraction of sp³-hybridized carbons (Fsp3) is 0.200. The van der Waals surface area contributed by atoms with Crippen molar-refractivity contribution in [2.75, 3.05) is 5.32 Å². The van der Waals surface area contributed by atoms with Crippen LogP contribution in [-0.2, 0) is 20.5 Å². The lowest BCUT2D eigenvalue weighted by Gasteiger charge is -2.07. The van der Waals surface area contributed by atoms with Crippen molar-refractivity contribution < 1.29 is 0 Å². The fourth-order valence-corrected chi connectivity index (χ4v) is 3.40. The maximum absolute atomic E-state index is 4.62. The van der Waals surface area contributed by atoms with Crippen LogP contribution in [0.15, 0.2) is 48.9 Å². The maximum Gasteiger partial charge on any atom is 0.228 e. The van der Waals surface area contributed by atoms with E-state index in [-0.39, 0.29) is 0 Å². The Morgan fingerprint density at radius 1 is 1.00 bits per heavy atom. The molecule has 0 saturated carbocycles. The highest BCUT2D eigenvalue weighted by Crippen LogP contribution is 2.21. The quantitative estimate of drug-likeness (QED) is 0.483. The van der Waals surface area contributed by atoms with Gasteiger partial charge in [0, 0.05) is 43.8 Å². The first kappa shape index (κ1) is 18.0. The molecule has 1 N–H and O–H groups in total. The van der Waals surface area contributed by atoms with Crippen molar-refractivity contribution in [3.8, 4) is 11.3 Å². The molecule has 0 aliphatic heterocycles. The number of rotatable bonds is 5. The molecule has 0 aliphatic carbocycles. The molecule has 0 atom stereocenters. The zero-order valence-electron chi connectivity index (χ0n) is 16.9. The summed E-state index contributed by atoms with van der Waals surface area (Å²) < 4.78 is 5.59. The molecule has 10 heteroatoms. The minimum atomic E-state index is 0.504. The second kappa shape index (κ2) is 7.07. The van der Waals surface area contributed by atoms with Crippen LogP contribution in [0.1, 0.15) is 17.2 Å². The van der Waals surface area contributed by atoms with Crippen LogP contribution in [0.2, 0.25) is 0 Å². The molecule has 0 aromatic carbocycles. The van der Waals surface area contributed by atoms with E-state index in [0.717, 1.165) is 39.9 Å². The number of pyridine rings is 1. The molecule has 30 heavy (non-hydrogen) atoms. The second-order valence-electron chi connectivity index (χ2n) is 7.07. The van der Waals surface area contributed by atoms with Gasteiger partial charge in [-0.3, -0.25) is 13.8 Å². The summed E-state index contributed by atoms with van der Waals surface area (Å²) in [4.78, 5) is 8.92. The SMILES string of the molecule is Cc1cc(Cc2nnc3cc(-c4ccnc(Nc5ccnn5C)n4)ccn23)n(C)n1. The van der Waals surface area contributed by atoms with Gasteiger partial charge in [-0.25, -0.2) is 9.97 Å². The Labute approximate surface area is 172 Å². The van der Waals surface area contributed by atoms with Crippen molar-refractivity contribution in [2.45, 2.75) is 13.3 Å².